The normalized spacial score (nSPS) is 16.0. The number of piperidine rings is 1. The molecule has 1 fully saturated rings. The van der Waals surface area contributed by atoms with E-state index >= 15 is 0 Å². The number of hydrogen-bond donors (Lipinski definition) is 1. The molecular formula is C12H19ClN4. The molecule has 1 saturated heterocycles. The number of nitrogens with zero attached hydrogens (tertiary/aromatic N) is 3. The van der Waals surface area contributed by atoms with Crippen molar-refractivity contribution >= 4 is 23.4 Å². The number of anilines is 2. The molecule has 0 bridgehead atoms. The van der Waals surface area contributed by atoms with Gasteiger partial charge in [-0.05, 0) is 25.7 Å². The molecule has 1 aromatic heterocycles. The lowest BCUT2D eigenvalue weighted by atomic mass is 10.1. The molecule has 1 N–H and O–H groups in total. The van der Waals surface area contributed by atoms with Crippen LogP contribution in [0.2, 0.25) is 5.02 Å². The smallest absolute Gasteiger partial charge is 0.224 e. The van der Waals surface area contributed by atoms with E-state index < -0.39 is 0 Å². The SMILES string of the molecule is CCCNc1ncc(Cl)c(N2CCCCC2)n1. The first-order valence-corrected chi connectivity index (χ1v) is 6.70. The number of rotatable bonds is 4. The van der Waals surface area contributed by atoms with E-state index in [1.807, 2.05) is 0 Å². The Bertz CT molecular complexity index is 364. The Morgan fingerprint density at radius 2 is 2.12 bits per heavy atom. The molecule has 5 heteroatoms. The van der Waals surface area contributed by atoms with E-state index in [-0.39, 0.29) is 0 Å². The monoisotopic (exact) mass is 254 g/mol. The molecule has 94 valence electrons. The lowest BCUT2D eigenvalue weighted by Gasteiger charge is -2.28. The quantitative estimate of drug-likeness (QED) is 0.897. The highest BCUT2D eigenvalue weighted by molar-refractivity contribution is 6.32. The average Bonchev–Trinajstić information content (AvgIpc) is 2.39. The van der Waals surface area contributed by atoms with E-state index in [1.54, 1.807) is 6.20 Å². The van der Waals surface area contributed by atoms with Crippen LogP contribution in [0.5, 0.6) is 0 Å². The van der Waals surface area contributed by atoms with Gasteiger partial charge in [0.15, 0.2) is 5.82 Å². The van der Waals surface area contributed by atoms with E-state index in [9.17, 15) is 0 Å². The zero-order valence-corrected chi connectivity index (χ0v) is 11.0. The zero-order valence-electron chi connectivity index (χ0n) is 10.2. The van der Waals surface area contributed by atoms with Crippen LogP contribution in [0, 0.1) is 0 Å². The number of nitrogens with one attached hydrogen (secondary N) is 1. The molecule has 1 aromatic rings. The first-order chi connectivity index (χ1) is 8.31. The Balaban J connectivity index is 2.13. The summed E-state index contributed by atoms with van der Waals surface area (Å²) in [5.41, 5.74) is 0. The van der Waals surface area contributed by atoms with Crippen molar-refractivity contribution in [2.75, 3.05) is 29.9 Å². The van der Waals surface area contributed by atoms with Gasteiger partial charge in [0.05, 0.1) is 6.20 Å². The summed E-state index contributed by atoms with van der Waals surface area (Å²) in [6.07, 6.45) is 6.50. The van der Waals surface area contributed by atoms with Gasteiger partial charge in [0.25, 0.3) is 0 Å². The van der Waals surface area contributed by atoms with Crippen molar-refractivity contribution in [3.8, 4) is 0 Å². The first kappa shape index (κ1) is 12.4. The van der Waals surface area contributed by atoms with Gasteiger partial charge in [-0.1, -0.05) is 18.5 Å². The van der Waals surface area contributed by atoms with Gasteiger partial charge in [-0.15, -0.1) is 0 Å². The Labute approximate surface area is 107 Å². The molecule has 0 atom stereocenters. The standard InChI is InChI=1S/C12H19ClN4/c1-2-6-14-12-15-9-10(13)11(16-12)17-7-4-3-5-8-17/h9H,2-8H2,1H3,(H,14,15,16). The lowest BCUT2D eigenvalue weighted by Crippen LogP contribution is -2.30. The highest BCUT2D eigenvalue weighted by Crippen LogP contribution is 2.26. The lowest BCUT2D eigenvalue weighted by molar-refractivity contribution is 0.573. The van der Waals surface area contributed by atoms with Crippen molar-refractivity contribution < 1.29 is 0 Å². The molecule has 0 radical (unpaired) electrons. The molecule has 17 heavy (non-hydrogen) atoms. The fourth-order valence-corrected chi connectivity index (χ4v) is 2.22. The molecule has 0 amide bonds. The summed E-state index contributed by atoms with van der Waals surface area (Å²) >= 11 is 6.17. The fourth-order valence-electron chi connectivity index (χ4n) is 2.01. The molecule has 0 aliphatic carbocycles. The minimum absolute atomic E-state index is 0.647. The second kappa shape index (κ2) is 6.05. The van der Waals surface area contributed by atoms with Crippen molar-refractivity contribution in [2.45, 2.75) is 32.6 Å². The molecule has 4 nitrogen and oxygen atoms in total. The van der Waals surface area contributed by atoms with Gasteiger partial charge >= 0.3 is 0 Å². The summed E-state index contributed by atoms with van der Waals surface area (Å²) in [4.78, 5) is 11.0. The van der Waals surface area contributed by atoms with Crippen LogP contribution in [0.15, 0.2) is 6.20 Å². The number of hydrogen-bond acceptors (Lipinski definition) is 4. The largest absolute Gasteiger partial charge is 0.355 e. The van der Waals surface area contributed by atoms with Crippen LogP contribution in [0.25, 0.3) is 0 Å². The van der Waals surface area contributed by atoms with Crippen LogP contribution in [0.3, 0.4) is 0 Å². The Hall–Kier alpha value is -1.03. The van der Waals surface area contributed by atoms with Gasteiger partial charge < -0.3 is 10.2 Å². The van der Waals surface area contributed by atoms with Crippen molar-refractivity contribution in [3.63, 3.8) is 0 Å². The van der Waals surface area contributed by atoms with Gasteiger partial charge in [-0.25, -0.2) is 4.98 Å². The van der Waals surface area contributed by atoms with Crippen LogP contribution >= 0.6 is 11.6 Å². The zero-order chi connectivity index (χ0) is 12.1. The molecule has 2 rings (SSSR count). The van der Waals surface area contributed by atoms with Crippen LogP contribution in [0.1, 0.15) is 32.6 Å². The molecule has 0 aromatic carbocycles. The molecule has 0 saturated carbocycles. The van der Waals surface area contributed by atoms with Crippen molar-refractivity contribution in [1.29, 1.82) is 0 Å². The third kappa shape index (κ3) is 3.22. The van der Waals surface area contributed by atoms with Crippen molar-refractivity contribution in [2.24, 2.45) is 0 Å². The van der Waals surface area contributed by atoms with E-state index in [2.05, 4.69) is 27.1 Å². The van der Waals surface area contributed by atoms with Crippen LogP contribution in [-0.4, -0.2) is 29.6 Å². The predicted molar refractivity (Wildman–Crippen MR) is 71.9 cm³/mol. The molecule has 1 aliphatic rings. The van der Waals surface area contributed by atoms with Crippen molar-refractivity contribution in [1.82, 2.24) is 9.97 Å². The Kier molecular flexibility index (Phi) is 4.42. The van der Waals surface area contributed by atoms with Crippen LogP contribution in [-0.2, 0) is 0 Å². The summed E-state index contributed by atoms with van der Waals surface area (Å²) in [6.45, 7) is 5.10. The van der Waals surface area contributed by atoms with Crippen molar-refractivity contribution in [3.05, 3.63) is 11.2 Å². The minimum atomic E-state index is 0.647. The molecule has 1 aliphatic heterocycles. The second-order valence-corrected chi connectivity index (χ2v) is 4.75. The summed E-state index contributed by atoms with van der Waals surface area (Å²) < 4.78 is 0. The number of halogens is 1. The second-order valence-electron chi connectivity index (χ2n) is 4.34. The third-order valence-corrected chi connectivity index (χ3v) is 3.18. The summed E-state index contributed by atoms with van der Waals surface area (Å²) in [5.74, 6) is 1.55. The van der Waals surface area contributed by atoms with E-state index in [0.29, 0.717) is 11.0 Å². The first-order valence-electron chi connectivity index (χ1n) is 6.32. The molecular weight excluding hydrogens is 236 g/mol. The maximum Gasteiger partial charge on any atom is 0.224 e. The van der Waals surface area contributed by atoms with E-state index in [4.69, 9.17) is 11.6 Å². The Morgan fingerprint density at radius 3 is 2.82 bits per heavy atom. The average molecular weight is 255 g/mol. The maximum absolute atomic E-state index is 6.17. The van der Waals surface area contributed by atoms with Gasteiger partial charge in [0, 0.05) is 19.6 Å². The maximum atomic E-state index is 6.17. The summed E-state index contributed by atoms with van der Waals surface area (Å²) in [7, 11) is 0. The highest BCUT2D eigenvalue weighted by atomic mass is 35.5. The van der Waals surface area contributed by atoms with Gasteiger partial charge in [-0.2, -0.15) is 4.98 Å². The van der Waals surface area contributed by atoms with Crippen LogP contribution < -0.4 is 10.2 Å². The summed E-state index contributed by atoms with van der Waals surface area (Å²) in [5, 5.41) is 3.84. The van der Waals surface area contributed by atoms with Gasteiger partial charge in [0.2, 0.25) is 5.95 Å². The predicted octanol–water partition coefficient (Wildman–Crippen LogP) is 2.94. The molecule has 0 spiro atoms. The van der Waals surface area contributed by atoms with E-state index in [0.717, 1.165) is 31.9 Å². The molecule has 0 unspecified atom stereocenters. The van der Waals surface area contributed by atoms with Gasteiger partial charge in [0.1, 0.15) is 5.02 Å². The number of aromatic nitrogens is 2. The topological polar surface area (TPSA) is 41.1 Å². The van der Waals surface area contributed by atoms with Gasteiger partial charge in [-0.3, -0.25) is 0 Å². The van der Waals surface area contributed by atoms with E-state index in [1.165, 1.54) is 19.3 Å². The fraction of sp³-hybridized carbons (Fsp3) is 0.667. The Morgan fingerprint density at radius 1 is 1.35 bits per heavy atom. The minimum Gasteiger partial charge on any atom is -0.355 e. The highest BCUT2D eigenvalue weighted by Gasteiger charge is 2.16. The summed E-state index contributed by atoms with van der Waals surface area (Å²) in [6, 6.07) is 0. The third-order valence-electron chi connectivity index (χ3n) is 2.91. The van der Waals surface area contributed by atoms with Crippen LogP contribution in [0.4, 0.5) is 11.8 Å². The molecule has 2 heterocycles.